The van der Waals surface area contributed by atoms with E-state index in [-0.39, 0.29) is 35.6 Å². The molecule has 1 aromatic heterocycles. The van der Waals surface area contributed by atoms with E-state index in [4.69, 9.17) is 4.42 Å². The van der Waals surface area contributed by atoms with Gasteiger partial charge in [-0.3, -0.25) is 0 Å². The molecular formula is C43H44Cl2OZr. The molecule has 0 bridgehead atoms. The van der Waals surface area contributed by atoms with Crippen LogP contribution < -0.4 is 3.27 Å². The Morgan fingerprint density at radius 2 is 1.34 bits per heavy atom. The Bertz CT molecular complexity index is 1940. The third-order valence-electron chi connectivity index (χ3n) is 9.44. The molecule has 5 aromatic rings. The number of allylic oxidation sites excluding steroid dienone is 4. The zero-order chi connectivity index (χ0) is 31.3. The van der Waals surface area contributed by atoms with Crippen LogP contribution in [0.3, 0.4) is 0 Å². The van der Waals surface area contributed by atoms with E-state index in [9.17, 15) is 0 Å². The van der Waals surface area contributed by atoms with Crippen molar-refractivity contribution in [3.63, 3.8) is 0 Å². The molecule has 4 aromatic carbocycles. The van der Waals surface area contributed by atoms with E-state index in [1.807, 2.05) is 12.5 Å². The zero-order valence-corrected chi connectivity index (χ0v) is 32.3. The normalized spacial score (nSPS) is 13.5. The Balaban J connectivity index is 0.00000217. The average Bonchev–Trinajstić information content (AvgIpc) is 3.79. The van der Waals surface area contributed by atoms with Gasteiger partial charge in [0.2, 0.25) is 0 Å². The summed E-state index contributed by atoms with van der Waals surface area (Å²) in [4.78, 5) is 0. The predicted octanol–water partition coefficient (Wildman–Crippen LogP) is 11.2. The van der Waals surface area contributed by atoms with Gasteiger partial charge in [-0.15, -0.1) is 24.8 Å². The first-order valence-electron chi connectivity index (χ1n) is 16.2. The fourth-order valence-corrected chi connectivity index (χ4v) is 16.6. The van der Waals surface area contributed by atoms with Crippen molar-refractivity contribution in [3.05, 3.63) is 164 Å². The molecule has 0 saturated heterocycles. The quantitative estimate of drug-likeness (QED) is 0.172. The number of hydrogen-bond acceptors (Lipinski definition) is 1. The van der Waals surface area contributed by atoms with E-state index in [1.54, 1.807) is 15.3 Å². The second-order valence-corrected chi connectivity index (χ2v) is 20.3. The van der Waals surface area contributed by atoms with Crippen LogP contribution in [0.4, 0.5) is 0 Å². The minimum absolute atomic E-state index is 0. The van der Waals surface area contributed by atoms with E-state index < -0.39 is 21.3 Å². The largest absolute Gasteiger partial charge is 0.147 e. The smallest absolute Gasteiger partial charge is 0.147 e. The van der Waals surface area contributed by atoms with Gasteiger partial charge < -0.3 is 0 Å². The van der Waals surface area contributed by atoms with E-state index in [2.05, 4.69) is 151 Å². The molecule has 0 unspecified atom stereocenters. The van der Waals surface area contributed by atoms with Crippen LogP contribution in [0.2, 0.25) is 0 Å². The van der Waals surface area contributed by atoms with Crippen molar-refractivity contribution in [3.8, 4) is 11.1 Å². The van der Waals surface area contributed by atoms with Gasteiger partial charge in [-0.05, 0) is 0 Å². The first-order valence-corrected chi connectivity index (χ1v) is 19.9. The molecule has 0 aliphatic heterocycles. The number of furan rings is 1. The molecule has 47 heavy (non-hydrogen) atoms. The molecule has 7 rings (SSSR count). The molecule has 0 atom stereocenters. The Hall–Kier alpha value is -3.03. The minimum atomic E-state index is -2.97. The topological polar surface area (TPSA) is 13.1 Å². The van der Waals surface area contributed by atoms with Crippen molar-refractivity contribution in [1.82, 2.24) is 0 Å². The van der Waals surface area contributed by atoms with Crippen molar-refractivity contribution >= 4 is 36.9 Å². The van der Waals surface area contributed by atoms with Crippen molar-refractivity contribution in [2.24, 2.45) is 0 Å². The third kappa shape index (κ3) is 6.67. The van der Waals surface area contributed by atoms with Gasteiger partial charge in [0.1, 0.15) is 0 Å². The van der Waals surface area contributed by atoms with Crippen LogP contribution in [0.15, 0.2) is 129 Å². The second kappa shape index (κ2) is 13.8. The Morgan fingerprint density at radius 1 is 0.702 bits per heavy atom. The number of benzene rings is 4. The summed E-state index contributed by atoms with van der Waals surface area (Å²) in [6.45, 7) is 14.2. The summed E-state index contributed by atoms with van der Waals surface area (Å²) in [5, 5.41) is 0. The molecule has 0 spiro atoms. The maximum absolute atomic E-state index is 5.67. The van der Waals surface area contributed by atoms with Gasteiger partial charge >= 0.3 is 278 Å². The second-order valence-electron chi connectivity index (χ2n) is 14.6. The molecule has 0 radical (unpaired) electrons. The summed E-state index contributed by atoms with van der Waals surface area (Å²) < 4.78 is 10.5. The van der Waals surface area contributed by atoms with E-state index in [0.29, 0.717) is 0 Å². The van der Waals surface area contributed by atoms with Crippen LogP contribution in [0.1, 0.15) is 86.9 Å². The number of rotatable bonds is 5. The van der Waals surface area contributed by atoms with Crippen LogP contribution >= 0.6 is 24.8 Å². The van der Waals surface area contributed by atoms with Gasteiger partial charge in [-0.1, -0.05) is 0 Å². The third-order valence-corrected chi connectivity index (χ3v) is 17.4. The Labute approximate surface area is 300 Å². The van der Waals surface area contributed by atoms with Crippen molar-refractivity contribution < 1.29 is 25.7 Å². The van der Waals surface area contributed by atoms with Crippen LogP contribution in [-0.4, -0.2) is 3.21 Å². The van der Waals surface area contributed by atoms with Crippen LogP contribution in [0.25, 0.3) is 16.7 Å². The molecular weight excluding hydrogens is 695 g/mol. The average molecular weight is 739 g/mol. The maximum atomic E-state index is 5.67. The van der Waals surface area contributed by atoms with Crippen LogP contribution in [0, 0.1) is 0 Å². The zero-order valence-electron chi connectivity index (χ0n) is 28.2. The molecule has 0 amide bonds. The molecule has 1 heterocycles. The summed E-state index contributed by atoms with van der Waals surface area (Å²) in [6.07, 6.45) is 10.5. The number of hydrogen-bond donors (Lipinski definition) is 0. The summed E-state index contributed by atoms with van der Waals surface area (Å²) >= 11 is -2.97. The van der Waals surface area contributed by atoms with Gasteiger partial charge in [-0.2, -0.15) is 0 Å². The first-order chi connectivity index (χ1) is 21.6. The first kappa shape index (κ1) is 35.3. The molecule has 0 saturated carbocycles. The van der Waals surface area contributed by atoms with Gasteiger partial charge in [0.15, 0.2) is 0 Å². The standard InChI is InChI=1S/C21H25.C13H10.C9H7O.2ClH.Zr/c1-20(2,3)16-7-9-18-14(12-16)11-15-13-17(21(4,5)6)8-10-19(15)18;1-3-7-12(8-4-1)11-13-9-5-2-6-10-13;1-2-4-8(3-1)9-5-6-10-7-9;;;/h7-10,12H,11H2,1-6H3;1-10H;1,3,5-7H,2H2;2*1H;. The SMILES string of the molecule is CC(C)(C)c1ccc2c(c1)Cc1c-2ccc(C(C)(C)C)[c]1[Zr]([C]1=C(c2ccoc2)C=CC1)=[C](c1ccccc1)c1ccccc1.Cl.Cl. The summed E-state index contributed by atoms with van der Waals surface area (Å²) in [6, 6.07) is 36.8. The number of halogens is 2. The summed E-state index contributed by atoms with van der Waals surface area (Å²) in [5.74, 6) is 0. The number of fused-ring (bicyclic) bond motifs is 3. The van der Waals surface area contributed by atoms with Crippen LogP contribution in [-0.2, 0) is 38.5 Å². The molecule has 240 valence electrons. The molecule has 0 fully saturated rings. The predicted molar refractivity (Wildman–Crippen MR) is 202 cm³/mol. The summed E-state index contributed by atoms with van der Waals surface area (Å²) in [5.41, 5.74) is 14.2. The van der Waals surface area contributed by atoms with Gasteiger partial charge in [0.05, 0.1) is 0 Å². The fourth-order valence-electron chi connectivity index (χ4n) is 7.18. The van der Waals surface area contributed by atoms with E-state index in [0.717, 1.165) is 12.8 Å². The van der Waals surface area contributed by atoms with Crippen LogP contribution in [0.5, 0.6) is 0 Å². The molecule has 2 aliphatic rings. The minimum Gasteiger partial charge on any atom is -0.147 e. The van der Waals surface area contributed by atoms with Crippen molar-refractivity contribution in [2.75, 3.05) is 0 Å². The molecule has 4 heteroatoms. The van der Waals surface area contributed by atoms with E-state index in [1.165, 1.54) is 50.1 Å². The molecule has 0 N–H and O–H groups in total. The van der Waals surface area contributed by atoms with Crippen molar-refractivity contribution in [1.29, 1.82) is 0 Å². The van der Waals surface area contributed by atoms with Gasteiger partial charge in [-0.25, -0.2) is 0 Å². The molecule has 1 nitrogen and oxygen atoms in total. The van der Waals surface area contributed by atoms with Gasteiger partial charge in [0, 0.05) is 0 Å². The van der Waals surface area contributed by atoms with Gasteiger partial charge in [0.25, 0.3) is 0 Å². The fraction of sp³-hybridized carbons (Fsp3) is 0.233. The Morgan fingerprint density at radius 3 is 1.91 bits per heavy atom. The maximum Gasteiger partial charge on any atom is -0.147 e. The summed E-state index contributed by atoms with van der Waals surface area (Å²) in [7, 11) is 0. The van der Waals surface area contributed by atoms with E-state index >= 15 is 0 Å². The molecule has 2 aliphatic carbocycles. The van der Waals surface area contributed by atoms with Crippen molar-refractivity contribution in [2.45, 2.75) is 65.2 Å². The monoisotopic (exact) mass is 736 g/mol. The Kier molecular flexibility index (Phi) is 10.4.